The minimum atomic E-state index is -0.916. The Morgan fingerprint density at radius 2 is 1.82 bits per heavy atom. The summed E-state index contributed by atoms with van der Waals surface area (Å²) >= 11 is 0. The number of nitrogens with zero attached hydrogens (tertiary/aromatic N) is 1. The number of hydrogen-bond donors (Lipinski definition) is 0. The summed E-state index contributed by atoms with van der Waals surface area (Å²) in [6, 6.07) is 9.15. The van der Waals surface area contributed by atoms with E-state index in [0.29, 0.717) is 0 Å². The molecule has 0 aliphatic carbocycles. The molecule has 1 aromatic carbocycles. The average Bonchev–Trinajstić information content (AvgIpc) is 2.62. The molecule has 0 aromatic heterocycles. The smallest absolute Gasteiger partial charge is 0.326 e. The molecule has 1 aliphatic heterocycles. The van der Waals surface area contributed by atoms with Crippen molar-refractivity contribution in [2.45, 2.75) is 45.1 Å². The molecule has 118 valence electrons. The standard InChI is InChI=1S/C17H21NO4/c1-16(2,3)22-14(20)11-18-13(19)10-17(4,15(18)21)12-8-6-5-7-9-12/h5-9H,10-11H2,1-4H3. The van der Waals surface area contributed by atoms with Gasteiger partial charge >= 0.3 is 5.97 Å². The topological polar surface area (TPSA) is 63.7 Å². The molecule has 1 unspecified atom stereocenters. The van der Waals surface area contributed by atoms with Crippen molar-refractivity contribution < 1.29 is 19.1 Å². The predicted octanol–water partition coefficient (Wildman–Crippen LogP) is 2.04. The van der Waals surface area contributed by atoms with Crippen LogP contribution in [0.3, 0.4) is 0 Å². The zero-order valence-electron chi connectivity index (χ0n) is 13.4. The lowest BCUT2D eigenvalue weighted by Gasteiger charge is -2.24. The van der Waals surface area contributed by atoms with E-state index in [-0.39, 0.29) is 24.8 Å². The van der Waals surface area contributed by atoms with Crippen LogP contribution in [0.5, 0.6) is 0 Å². The van der Waals surface area contributed by atoms with Crippen molar-refractivity contribution in [1.82, 2.24) is 4.90 Å². The zero-order chi connectivity index (χ0) is 16.5. The van der Waals surface area contributed by atoms with Crippen molar-refractivity contribution in [2.24, 2.45) is 0 Å². The second kappa shape index (κ2) is 5.55. The molecular formula is C17H21NO4. The molecule has 22 heavy (non-hydrogen) atoms. The number of amides is 2. The van der Waals surface area contributed by atoms with E-state index in [4.69, 9.17) is 4.74 Å². The molecule has 1 aliphatic rings. The number of carbonyl (C=O) groups excluding carboxylic acids is 3. The maximum Gasteiger partial charge on any atom is 0.326 e. The summed E-state index contributed by atoms with van der Waals surface area (Å²) in [6.45, 7) is 6.63. The number of imide groups is 1. The number of rotatable bonds is 3. The SMILES string of the molecule is CC(C)(C)OC(=O)CN1C(=O)CC(C)(c2ccccc2)C1=O. The van der Waals surface area contributed by atoms with Crippen LogP contribution in [0.2, 0.25) is 0 Å². The van der Waals surface area contributed by atoms with Gasteiger partial charge in [0.25, 0.3) is 0 Å². The van der Waals surface area contributed by atoms with Gasteiger partial charge in [-0.2, -0.15) is 0 Å². The molecule has 1 atom stereocenters. The van der Waals surface area contributed by atoms with Crippen molar-refractivity contribution in [3.05, 3.63) is 35.9 Å². The van der Waals surface area contributed by atoms with Crippen molar-refractivity contribution in [2.75, 3.05) is 6.54 Å². The summed E-state index contributed by atoms with van der Waals surface area (Å²) in [4.78, 5) is 37.7. The summed E-state index contributed by atoms with van der Waals surface area (Å²) in [5.41, 5.74) is -0.786. The minimum absolute atomic E-state index is 0.0681. The van der Waals surface area contributed by atoms with Crippen LogP contribution in [0, 0.1) is 0 Å². The molecule has 0 bridgehead atoms. The molecule has 1 aromatic rings. The summed E-state index contributed by atoms with van der Waals surface area (Å²) in [5, 5.41) is 0. The molecular weight excluding hydrogens is 282 g/mol. The van der Waals surface area contributed by atoms with Gasteiger partial charge in [0.15, 0.2) is 0 Å². The molecule has 1 fully saturated rings. The normalized spacial score (nSPS) is 22.1. The fraction of sp³-hybridized carbons (Fsp3) is 0.471. The van der Waals surface area contributed by atoms with E-state index < -0.39 is 17.0 Å². The van der Waals surface area contributed by atoms with E-state index >= 15 is 0 Å². The molecule has 5 nitrogen and oxygen atoms in total. The van der Waals surface area contributed by atoms with Crippen LogP contribution in [0.1, 0.15) is 39.7 Å². The van der Waals surface area contributed by atoms with Gasteiger partial charge < -0.3 is 4.74 Å². The minimum Gasteiger partial charge on any atom is -0.459 e. The van der Waals surface area contributed by atoms with Crippen LogP contribution in [0.25, 0.3) is 0 Å². The summed E-state index contributed by atoms with van der Waals surface area (Å²) in [7, 11) is 0. The van der Waals surface area contributed by atoms with Gasteiger partial charge in [-0.1, -0.05) is 30.3 Å². The largest absolute Gasteiger partial charge is 0.459 e. The Kier molecular flexibility index (Phi) is 4.09. The number of carbonyl (C=O) groups is 3. The molecule has 0 saturated carbocycles. The van der Waals surface area contributed by atoms with E-state index in [0.717, 1.165) is 10.5 Å². The highest BCUT2D eigenvalue weighted by atomic mass is 16.6. The molecule has 0 spiro atoms. The fourth-order valence-corrected chi connectivity index (χ4v) is 2.58. The first-order valence-corrected chi connectivity index (χ1v) is 7.26. The van der Waals surface area contributed by atoms with Gasteiger partial charge in [0.1, 0.15) is 12.1 Å². The summed E-state index contributed by atoms with van der Waals surface area (Å²) < 4.78 is 5.19. The first kappa shape index (κ1) is 16.2. The van der Waals surface area contributed by atoms with Gasteiger partial charge in [-0.05, 0) is 33.3 Å². The van der Waals surface area contributed by atoms with Gasteiger partial charge in [-0.15, -0.1) is 0 Å². The van der Waals surface area contributed by atoms with Gasteiger partial charge in [-0.3, -0.25) is 19.3 Å². The van der Waals surface area contributed by atoms with Crippen molar-refractivity contribution in [3.8, 4) is 0 Å². The van der Waals surface area contributed by atoms with Crippen LogP contribution >= 0.6 is 0 Å². The van der Waals surface area contributed by atoms with E-state index in [1.54, 1.807) is 27.7 Å². The number of benzene rings is 1. The van der Waals surface area contributed by atoms with Gasteiger partial charge in [0, 0.05) is 6.42 Å². The lowest BCUT2D eigenvalue weighted by Crippen LogP contribution is -2.41. The zero-order valence-corrected chi connectivity index (χ0v) is 13.4. The van der Waals surface area contributed by atoms with Crippen LogP contribution in [-0.2, 0) is 24.5 Å². The number of hydrogen-bond acceptors (Lipinski definition) is 4. The van der Waals surface area contributed by atoms with Crippen LogP contribution in [-0.4, -0.2) is 34.8 Å². The van der Waals surface area contributed by atoms with Crippen LogP contribution in [0.4, 0.5) is 0 Å². The maximum atomic E-state index is 12.6. The van der Waals surface area contributed by atoms with E-state index in [1.807, 2.05) is 30.3 Å². The number of ether oxygens (including phenoxy) is 1. The first-order chi connectivity index (χ1) is 10.1. The molecule has 5 heteroatoms. The highest BCUT2D eigenvalue weighted by molar-refractivity contribution is 6.10. The third-order valence-electron chi connectivity index (χ3n) is 3.64. The lowest BCUT2D eigenvalue weighted by molar-refractivity contribution is -0.160. The maximum absolute atomic E-state index is 12.6. The molecule has 1 saturated heterocycles. The van der Waals surface area contributed by atoms with Gasteiger partial charge in [-0.25, -0.2) is 0 Å². The Labute approximate surface area is 130 Å². The van der Waals surface area contributed by atoms with E-state index in [1.165, 1.54) is 0 Å². The highest BCUT2D eigenvalue weighted by Gasteiger charge is 2.49. The second-order valence-electron chi connectivity index (χ2n) is 6.75. The van der Waals surface area contributed by atoms with E-state index in [9.17, 15) is 14.4 Å². The molecule has 2 amide bonds. The molecule has 0 radical (unpaired) electrons. The number of esters is 1. The quantitative estimate of drug-likeness (QED) is 0.633. The number of likely N-dealkylation sites (tertiary alicyclic amines) is 1. The monoisotopic (exact) mass is 303 g/mol. The van der Waals surface area contributed by atoms with Crippen molar-refractivity contribution in [3.63, 3.8) is 0 Å². The van der Waals surface area contributed by atoms with Crippen LogP contribution < -0.4 is 0 Å². The Hall–Kier alpha value is -2.17. The fourth-order valence-electron chi connectivity index (χ4n) is 2.58. The van der Waals surface area contributed by atoms with Gasteiger partial charge in [0.05, 0.1) is 5.41 Å². The summed E-state index contributed by atoms with van der Waals surface area (Å²) in [6.07, 6.45) is 0.0681. The average molecular weight is 303 g/mol. The van der Waals surface area contributed by atoms with Crippen LogP contribution in [0.15, 0.2) is 30.3 Å². The van der Waals surface area contributed by atoms with Gasteiger partial charge in [0.2, 0.25) is 11.8 Å². The third-order valence-corrected chi connectivity index (χ3v) is 3.64. The Morgan fingerprint density at radius 3 is 2.36 bits per heavy atom. The predicted molar refractivity (Wildman–Crippen MR) is 81.0 cm³/mol. The Bertz CT molecular complexity index is 603. The highest BCUT2D eigenvalue weighted by Crippen LogP contribution is 2.36. The Balaban J connectivity index is 2.18. The van der Waals surface area contributed by atoms with Crippen molar-refractivity contribution in [1.29, 1.82) is 0 Å². The molecule has 0 N–H and O–H groups in total. The third kappa shape index (κ3) is 3.18. The van der Waals surface area contributed by atoms with Crippen molar-refractivity contribution >= 4 is 17.8 Å². The molecule has 2 rings (SSSR count). The molecule has 1 heterocycles. The second-order valence-corrected chi connectivity index (χ2v) is 6.75. The first-order valence-electron chi connectivity index (χ1n) is 7.26. The summed E-state index contributed by atoms with van der Waals surface area (Å²) in [5.74, 6) is -1.27. The lowest BCUT2D eigenvalue weighted by atomic mass is 9.81. The Morgan fingerprint density at radius 1 is 1.23 bits per heavy atom. The van der Waals surface area contributed by atoms with E-state index in [2.05, 4.69) is 0 Å².